The van der Waals surface area contributed by atoms with Crippen LogP contribution >= 0.6 is 0 Å². The van der Waals surface area contributed by atoms with Gasteiger partial charge in [0, 0.05) is 61.7 Å². The second kappa shape index (κ2) is 10.4. The first-order valence-electron chi connectivity index (χ1n) is 14.5. The van der Waals surface area contributed by atoms with Crippen LogP contribution in [0.5, 0.6) is 0 Å². The minimum Gasteiger partial charge on any atom is -0.361 e. The Bertz CT molecular complexity index is 1950. The van der Waals surface area contributed by atoms with Gasteiger partial charge in [0.05, 0.1) is 0 Å². The minimum absolute atomic E-state index is 0.348. The van der Waals surface area contributed by atoms with E-state index < -0.39 is 14.8 Å². The number of hydrogen-bond donors (Lipinski definition) is 2. The van der Waals surface area contributed by atoms with Gasteiger partial charge in [-0.05, 0) is 89.9 Å². The first-order valence-corrected chi connectivity index (χ1v) is 16.0. The van der Waals surface area contributed by atoms with Gasteiger partial charge in [-0.2, -0.15) is 0 Å². The molecule has 2 N–H and O–H groups in total. The molecule has 0 amide bonds. The molecule has 42 heavy (non-hydrogen) atoms. The van der Waals surface area contributed by atoms with Crippen LogP contribution in [0.1, 0.15) is 37.0 Å². The van der Waals surface area contributed by atoms with E-state index in [4.69, 9.17) is 0 Å². The molecule has 0 saturated carbocycles. The van der Waals surface area contributed by atoms with E-state index in [9.17, 15) is 8.42 Å². The molecule has 0 spiro atoms. The number of H-pyrrole nitrogens is 1. The molecule has 1 aliphatic carbocycles. The highest BCUT2D eigenvalue weighted by atomic mass is 32.2. The summed E-state index contributed by atoms with van der Waals surface area (Å²) in [5, 5.41) is 5.40. The first kappa shape index (κ1) is 26.9. The molecule has 0 radical (unpaired) electrons. The zero-order valence-corrected chi connectivity index (χ0v) is 24.7. The van der Waals surface area contributed by atoms with Gasteiger partial charge in [-0.1, -0.05) is 42.5 Å². The van der Waals surface area contributed by atoms with Gasteiger partial charge < -0.3 is 10.3 Å². The van der Waals surface area contributed by atoms with Crippen molar-refractivity contribution in [3.05, 3.63) is 114 Å². The maximum absolute atomic E-state index is 14.4. The Kier molecular flexibility index (Phi) is 6.65. The van der Waals surface area contributed by atoms with Crippen molar-refractivity contribution in [3.63, 3.8) is 0 Å². The molecular weight excluding hydrogens is 542 g/mol. The van der Waals surface area contributed by atoms with Gasteiger partial charge in [-0.3, -0.25) is 4.90 Å². The van der Waals surface area contributed by atoms with E-state index in [0.717, 1.165) is 64.7 Å². The van der Waals surface area contributed by atoms with Crippen LogP contribution in [-0.4, -0.2) is 57.7 Å². The molecule has 4 heterocycles. The second-order valence-electron chi connectivity index (χ2n) is 11.9. The monoisotopic (exact) mass is 577 g/mol. The summed E-state index contributed by atoms with van der Waals surface area (Å²) in [6, 6.07) is 22.9. The zero-order valence-electron chi connectivity index (χ0n) is 23.9. The lowest BCUT2D eigenvalue weighted by molar-refractivity contribution is 0.199. The summed E-state index contributed by atoms with van der Waals surface area (Å²) in [5.41, 5.74) is 6.68. The number of nitrogens with one attached hydrogen (secondary N) is 2. The first-order chi connectivity index (χ1) is 20.3. The van der Waals surface area contributed by atoms with E-state index in [1.807, 2.05) is 43.5 Å². The van der Waals surface area contributed by atoms with Crippen molar-refractivity contribution < 1.29 is 8.42 Å². The third-order valence-electron chi connectivity index (χ3n) is 8.67. The molecule has 2 aliphatic rings. The van der Waals surface area contributed by atoms with E-state index in [-0.39, 0.29) is 0 Å². The quantitative estimate of drug-likeness (QED) is 0.266. The molecule has 2 aromatic carbocycles. The van der Waals surface area contributed by atoms with Crippen molar-refractivity contribution in [2.75, 3.05) is 19.6 Å². The van der Waals surface area contributed by atoms with Crippen LogP contribution in [-0.2, 0) is 16.6 Å². The van der Waals surface area contributed by atoms with Crippen molar-refractivity contribution in [2.24, 2.45) is 0 Å². The van der Waals surface area contributed by atoms with Gasteiger partial charge in [-0.25, -0.2) is 17.4 Å². The van der Waals surface area contributed by atoms with E-state index in [0.29, 0.717) is 18.1 Å². The van der Waals surface area contributed by atoms with Crippen molar-refractivity contribution in [2.45, 2.75) is 37.6 Å². The smallest absolute Gasteiger partial charge is 0.249 e. The Morgan fingerprint density at radius 1 is 1.02 bits per heavy atom. The van der Waals surface area contributed by atoms with Gasteiger partial charge >= 0.3 is 0 Å². The fourth-order valence-electron chi connectivity index (χ4n) is 6.39. The third-order valence-corrected chi connectivity index (χ3v) is 10.9. The van der Waals surface area contributed by atoms with Gasteiger partial charge in [0.15, 0.2) is 5.65 Å². The number of fused-ring (bicyclic) bond motifs is 2. The van der Waals surface area contributed by atoms with E-state index in [1.54, 1.807) is 12.4 Å². The molecule has 7 rings (SSSR count). The van der Waals surface area contributed by atoms with Gasteiger partial charge in [0.1, 0.15) is 4.75 Å². The highest BCUT2D eigenvalue weighted by Crippen LogP contribution is 2.42. The van der Waals surface area contributed by atoms with E-state index in [1.165, 1.54) is 9.54 Å². The number of benzene rings is 2. The van der Waals surface area contributed by atoms with Crippen molar-refractivity contribution >= 4 is 43.1 Å². The van der Waals surface area contributed by atoms with Crippen molar-refractivity contribution in [3.8, 4) is 0 Å². The van der Waals surface area contributed by atoms with Crippen LogP contribution in [0.25, 0.3) is 33.1 Å². The number of hydrogen-bond acceptors (Lipinski definition) is 5. The number of piperazine rings is 1. The van der Waals surface area contributed by atoms with Crippen LogP contribution in [0.4, 0.5) is 0 Å². The standard InChI is InChI=1S/C34H35N5O2S/c1-24-22-38(17-15-35-24)23-25-5-7-26(8-6-25)30-19-31(28-9-10-32-29(18-28)11-14-36-32)21-34(2,20-30)42(40,41)39-16-12-27-4-3-13-37-33(27)39/h3-14,16,18-20,24,35-36H,15,17,21-23H2,1-2H3. The third kappa shape index (κ3) is 4.79. The summed E-state index contributed by atoms with van der Waals surface area (Å²) in [6.45, 7) is 8.03. The molecule has 1 aliphatic heterocycles. The minimum atomic E-state index is -3.87. The Balaban J connectivity index is 1.29. The summed E-state index contributed by atoms with van der Waals surface area (Å²) in [4.78, 5) is 10.1. The Morgan fingerprint density at radius 3 is 2.69 bits per heavy atom. The Hall–Kier alpha value is -3.98. The number of aromatic amines is 1. The molecule has 1 saturated heterocycles. The Labute approximate surface area is 246 Å². The average Bonchev–Trinajstić information content (AvgIpc) is 3.64. The van der Waals surface area contributed by atoms with Crippen LogP contribution in [0.15, 0.2) is 97.5 Å². The molecule has 1 fully saturated rings. The van der Waals surface area contributed by atoms with Crippen molar-refractivity contribution in [1.82, 2.24) is 24.2 Å². The lowest BCUT2D eigenvalue weighted by atomic mass is 9.84. The SMILES string of the molecule is CC1CN(Cc2ccc(C3=CC(C)(S(=O)(=O)n4ccc5cccnc54)CC(c4ccc5[nH]ccc5c4)=C3)cc2)CCN1. The fourth-order valence-corrected chi connectivity index (χ4v) is 8.05. The number of nitrogens with zero attached hydrogens (tertiary/aromatic N) is 3. The molecule has 8 heteroatoms. The highest BCUT2D eigenvalue weighted by molar-refractivity contribution is 7.91. The van der Waals surface area contributed by atoms with Crippen LogP contribution < -0.4 is 5.32 Å². The molecule has 214 valence electrons. The van der Waals surface area contributed by atoms with Gasteiger partial charge in [0.25, 0.3) is 0 Å². The summed E-state index contributed by atoms with van der Waals surface area (Å²) >= 11 is 0. The summed E-state index contributed by atoms with van der Waals surface area (Å²) in [6.07, 6.45) is 9.63. The summed E-state index contributed by atoms with van der Waals surface area (Å²) in [7, 11) is -3.87. The zero-order chi connectivity index (χ0) is 28.9. The van der Waals surface area contributed by atoms with Gasteiger partial charge in [0.2, 0.25) is 10.0 Å². The topological polar surface area (TPSA) is 83.0 Å². The second-order valence-corrected chi connectivity index (χ2v) is 14.1. The highest BCUT2D eigenvalue weighted by Gasteiger charge is 2.42. The number of rotatable bonds is 6. The predicted octanol–water partition coefficient (Wildman–Crippen LogP) is 5.82. The molecular formula is C34H35N5O2S. The van der Waals surface area contributed by atoms with Crippen LogP contribution in [0, 0.1) is 0 Å². The van der Waals surface area contributed by atoms with Gasteiger partial charge in [-0.15, -0.1) is 0 Å². The molecule has 7 nitrogen and oxygen atoms in total. The average molecular weight is 578 g/mol. The summed E-state index contributed by atoms with van der Waals surface area (Å²) in [5.74, 6) is 0. The molecule has 2 unspecified atom stereocenters. The Morgan fingerprint density at radius 2 is 1.86 bits per heavy atom. The number of allylic oxidation sites excluding steroid dienone is 3. The maximum Gasteiger partial charge on any atom is 0.249 e. The van der Waals surface area contributed by atoms with Crippen LogP contribution in [0.3, 0.4) is 0 Å². The van der Waals surface area contributed by atoms with E-state index in [2.05, 4.69) is 75.6 Å². The predicted molar refractivity (Wildman–Crippen MR) is 171 cm³/mol. The largest absolute Gasteiger partial charge is 0.361 e. The maximum atomic E-state index is 14.4. The van der Waals surface area contributed by atoms with E-state index >= 15 is 0 Å². The van der Waals surface area contributed by atoms with Crippen LogP contribution in [0.2, 0.25) is 0 Å². The summed E-state index contributed by atoms with van der Waals surface area (Å²) < 4.78 is 29.1. The molecule has 2 atom stereocenters. The molecule has 0 bridgehead atoms. The number of pyridine rings is 1. The molecule has 3 aromatic heterocycles. The van der Waals surface area contributed by atoms with Crippen molar-refractivity contribution in [1.29, 1.82) is 0 Å². The number of aromatic nitrogens is 3. The lowest BCUT2D eigenvalue weighted by Gasteiger charge is -2.32. The normalized spacial score (nSPS) is 21.9. The molecule has 5 aromatic rings. The fraction of sp³-hybridized carbons (Fsp3) is 0.265. The lowest BCUT2D eigenvalue weighted by Crippen LogP contribution is -2.48.